The van der Waals surface area contributed by atoms with Crippen molar-refractivity contribution in [3.05, 3.63) is 109 Å². The molecule has 0 fully saturated rings. The van der Waals surface area contributed by atoms with Crippen molar-refractivity contribution in [2.75, 3.05) is 0 Å². The Morgan fingerprint density at radius 2 is 1.10 bits per heavy atom. The Hall–Kier alpha value is -1.66. The third-order valence-corrected chi connectivity index (χ3v) is 13.5. The first-order valence-corrected chi connectivity index (χ1v) is 16.7. The molecule has 0 radical (unpaired) electrons. The fraction of sp³-hybridized carbons (Fsp3) is 0.444. The quantitative estimate of drug-likeness (QED) is 0.128. The van der Waals surface area contributed by atoms with E-state index in [2.05, 4.69) is 97.2 Å². The van der Waals surface area contributed by atoms with Crippen LogP contribution in [0.4, 0.5) is 0 Å². The van der Waals surface area contributed by atoms with Crippen molar-refractivity contribution in [1.82, 2.24) is 0 Å². The molecule has 1 nitrogen and oxygen atoms in total. The molecule has 1 aliphatic rings. The molecular formula is C36H52NPTi. The maximum atomic E-state index is 5.57. The maximum absolute atomic E-state index is 5.57. The summed E-state index contributed by atoms with van der Waals surface area (Å²) in [5, 5.41) is 0. The number of benzene rings is 2. The van der Waals surface area contributed by atoms with Gasteiger partial charge in [-0.1, -0.05) is 147 Å². The van der Waals surface area contributed by atoms with Crippen LogP contribution in [0.5, 0.6) is 0 Å². The maximum Gasteiger partial charge on any atom is 0.0425 e. The summed E-state index contributed by atoms with van der Waals surface area (Å²) in [5.41, 5.74) is 7.85. The van der Waals surface area contributed by atoms with E-state index in [1.54, 1.807) is 0 Å². The van der Waals surface area contributed by atoms with Gasteiger partial charge in [-0.25, -0.2) is 0 Å². The number of hydrogen-bond acceptors (Lipinski definition) is 1. The predicted octanol–water partition coefficient (Wildman–Crippen LogP) is 12.0. The fourth-order valence-corrected chi connectivity index (χ4v) is 11.6. The van der Waals surface area contributed by atoms with Crippen molar-refractivity contribution in [2.45, 2.75) is 103 Å². The molecule has 3 unspecified atom stereocenters. The molecule has 2 aromatic rings. The summed E-state index contributed by atoms with van der Waals surface area (Å²) in [7, 11) is -1.35. The summed E-state index contributed by atoms with van der Waals surface area (Å²) in [6.45, 7) is 22.7. The van der Waals surface area contributed by atoms with E-state index in [1.807, 2.05) is 36.4 Å². The van der Waals surface area contributed by atoms with Crippen LogP contribution in [0.3, 0.4) is 0 Å². The van der Waals surface area contributed by atoms with Gasteiger partial charge in [-0.3, -0.25) is 4.74 Å². The second-order valence-corrected chi connectivity index (χ2v) is 15.2. The van der Waals surface area contributed by atoms with E-state index in [-0.39, 0.29) is 21.7 Å². The number of allylic oxidation sites excluding steroid dienone is 5. The molecule has 0 N–H and O–H groups in total. The Bertz CT molecular complexity index is 1030. The molecule has 0 spiro atoms. The first-order chi connectivity index (χ1) is 18.3. The van der Waals surface area contributed by atoms with E-state index >= 15 is 0 Å². The SMILES string of the molecule is C=C(C(=C)c1ccccc1)c1ccccc1.CCCC(C)P(=NC1=CC=CC1)(C(C)CCC)C(C)CCC.[Ti]. The Kier molecular flexibility index (Phi) is 16.9. The normalized spacial score (nSPS) is 15.9. The second-order valence-electron chi connectivity index (χ2n) is 10.8. The Labute approximate surface area is 255 Å². The molecule has 2 aromatic carbocycles. The molecule has 3 rings (SSSR count). The van der Waals surface area contributed by atoms with Gasteiger partial charge in [0.05, 0.1) is 0 Å². The molecular weight excluding hydrogens is 525 g/mol. The number of rotatable bonds is 13. The molecule has 0 heterocycles. The number of nitrogens with zero attached hydrogens (tertiary/aromatic N) is 1. The molecule has 3 atom stereocenters. The zero-order valence-electron chi connectivity index (χ0n) is 25.5. The summed E-state index contributed by atoms with van der Waals surface area (Å²) < 4.78 is 5.57. The molecule has 39 heavy (non-hydrogen) atoms. The minimum atomic E-state index is -1.35. The second kappa shape index (κ2) is 18.6. The number of hydrogen-bond donors (Lipinski definition) is 0. The molecule has 0 aromatic heterocycles. The van der Waals surface area contributed by atoms with Crippen LogP contribution in [0.25, 0.3) is 11.1 Å². The molecule has 0 amide bonds. The Morgan fingerprint density at radius 1 is 0.718 bits per heavy atom. The van der Waals surface area contributed by atoms with Crippen molar-refractivity contribution < 1.29 is 21.7 Å². The zero-order chi connectivity index (χ0) is 28.0. The van der Waals surface area contributed by atoms with E-state index in [9.17, 15) is 0 Å². The van der Waals surface area contributed by atoms with E-state index < -0.39 is 7.05 Å². The molecule has 210 valence electrons. The predicted molar refractivity (Wildman–Crippen MR) is 175 cm³/mol. The van der Waals surface area contributed by atoms with Gasteiger partial charge in [-0.05, 0) is 71.6 Å². The standard InChI is InChI=1S/C20H38NP.C16H14.Ti/c1-7-12-17(4)22(18(5)13-8-2,19(6)14-9-3)21-20-15-10-11-16-20;1-13(15-9-5-3-6-10-15)14(2)16-11-7-4-8-12-16;/h10-11,15,17-19H,7-9,12-14,16H2,1-6H3;3-12H,1-2H2;. The van der Waals surface area contributed by atoms with Gasteiger partial charge >= 0.3 is 0 Å². The van der Waals surface area contributed by atoms with Crippen LogP contribution in [0.2, 0.25) is 0 Å². The van der Waals surface area contributed by atoms with Gasteiger partial charge in [0.1, 0.15) is 0 Å². The first kappa shape index (κ1) is 35.4. The largest absolute Gasteiger partial charge is 0.271 e. The summed E-state index contributed by atoms with van der Waals surface area (Å²) in [5.74, 6) is 0. The van der Waals surface area contributed by atoms with Crippen LogP contribution in [0, 0.1) is 0 Å². The van der Waals surface area contributed by atoms with E-state index in [4.69, 9.17) is 4.74 Å². The van der Waals surface area contributed by atoms with E-state index in [0.717, 1.165) is 45.7 Å². The molecule has 0 bridgehead atoms. The molecule has 0 saturated carbocycles. The third kappa shape index (κ3) is 10.0. The molecule has 1 aliphatic carbocycles. The van der Waals surface area contributed by atoms with E-state index in [0.29, 0.717) is 0 Å². The zero-order valence-corrected chi connectivity index (χ0v) is 28.0. The van der Waals surface area contributed by atoms with Crippen LogP contribution < -0.4 is 0 Å². The first-order valence-electron chi connectivity index (χ1n) is 14.8. The van der Waals surface area contributed by atoms with E-state index in [1.165, 1.54) is 44.2 Å². The Balaban J connectivity index is 0.000000396. The monoisotopic (exact) mass is 577 g/mol. The third-order valence-electron chi connectivity index (χ3n) is 7.90. The van der Waals surface area contributed by atoms with Crippen LogP contribution >= 0.6 is 7.05 Å². The average Bonchev–Trinajstić information content (AvgIpc) is 3.45. The van der Waals surface area contributed by atoms with Gasteiger partial charge in [-0.2, -0.15) is 0 Å². The smallest absolute Gasteiger partial charge is 0.0425 e. The van der Waals surface area contributed by atoms with Crippen LogP contribution in [-0.4, -0.2) is 17.0 Å². The van der Waals surface area contributed by atoms with Crippen molar-refractivity contribution in [3.63, 3.8) is 0 Å². The minimum Gasteiger partial charge on any atom is -0.271 e. The van der Waals surface area contributed by atoms with Gasteiger partial charge in [0.15, 0.2) is 0 Å². The molecule has 3 heteroatoms. The van der Waals surface area contributed by atoms with Crippen molar-refractivity contribution in [2.24, 2.45) is 4.74 Å². The average molecular weight is 578 g/mol. The topological polar surface area (TPSA) is 12.4 Å². The van der Waals surface area contributed by atoms with Gasteiger partial charge in [0, 0.05) is 33.8 Å². The van der Waals surface area contributed by atoms with Gasteiger partial charge in [0.2, 0.25) is 0 Å². The van der Waals surface area contributed by atoms with Crippen molar-refractivity contribution in [1.29, 1.82) is 0 Å². The molecule has 0 saturated heterocycles. The summed E-state index contributed by atoms with van der Waals surface area (Å²) in [4.78, 5) is 0. The van der Waals surface area contributed by atoms with Gasteiger partial charge in [0.25, 0.3) is 0 Å². The molecule has 0 aliphatic heterocycles. The van der Waals surface area contributed by atoms with Gasteiger partial charge < -0.3 is 0 Å². The summed E-state index contributed by atoms with van der Waals surface area (Å²) >= 11 is 0. The minimum absolute atomic E-state index is 0. The van der Waals surface area contributed by atoms with Crippen molar-refractivity contribution in [3.8, 4) is 0 Å². The van der Waals surface area contributed by atoms with Crippen molar-refractivity contribution >= 4 is 18.2 Å². The fourth-order valence-electron chi connectivity index (χ4n) is 5.83. The van der Waals surface area contributed by atoms with Gasteiger partial charge in [-0.15, -0.1) is 0 Å². The summed E-state index contributed by atoms with van der Waals surface area (Å²) in [6.07, 6.45) is 15.6. The van der Waals surface area contributed by atoms with Crippen LogP contribution in [0.15, 0.2) is 102 Å². The Morgan fingerprint density at radius 3 is 1.41 bits per heavy atom. The van der Waals surface area contributed by atoms with Crippen LogP contribution in [-0.2, 0) is 21.7 Å². The summed E-state index contributed by atoms with van der Waals surface area (Å²) in [6, 6.07) is 20.3. The van der Waals surface area contributed by atoms with Crippen LogP contribution in [0.1, 0.15) is 97.6 Å².